The third kappa shape index (κ3) is 4.28. The van der Waals surface area contributed by atoms with Gasteiger partial charge in [-0.15, -0.1) is 0 Å². The number of carbonyl (C=O) groups is 1. The minimum atomic E-state index is -3.55. The summed E-state index contributed by atoms with van der Waals surface area (Å²) in [7, 11) is -3.55. The molecule has 0 aliphatic carbocycles. The van der Waals surface area contributed by atoms with Crippen LogP contribution in [0.1, 0.15) is 59.8 Å². The molecule has 0 radical (unpaired) electrons. The Kier molecular flexibility index (Phi) is 6.20. The minimum absolute atomic E-state index is 0.170. The maximum atomic E-state index is 12.9. The summed E-state index contributed by atoms with van der Waals surface area (Å²) in [5.41, 5.74) is 3.42. The number of rotatable bonds is 6. The van der Waals surface area contributed by atoms with Crippen molar-refractivity contribution in [2.24, 2.45) is 0 Å². The monoisotopic (exact) mass is 400 g/mol. The second kappa shape index (κ2) is 8.45. The molecule has 0 saturated carbocycles. The SMILES string of the molecule is CCc1ccc([C@H](C)NC(=O)c2cc(S(=O)(=O)N3CCCC3)ccc2C)cc1. The molecule has 1 fully saturated rings. The van der Waals surface area contributed by atoms with Crippen LogP contribution >= 0.6 is 0 Å². The Balaban J connectivity index is 1.81. The number of carbonyl (C=O) groups excluding carboxylic acids is 1. The highest BCUT2D eigenvalue weighted by Crippen LogP contribution is 2.23. The molecule has 1 amide bonds. The molecule has 0 unspecified atom stereocenters. The summed E-state index contributed by atoms with van der Waals surface area (Å²) in [6, 6.07) is 12.8. The maximum absolute atomic E-state index is 12.9. The van der Waals surface area contributed by atoms with Crippen molar-refractivity contribution in [3.8, 4) is 0 Å². The van der Waals surface area contributed by atoms with E-state index in [1.165, 1.54) is 15.9 Å². The molecule has 1 heterocycles. The molecule has 1 aliphatic heterocycles. The Morgan fingerprint density at radius 2 is 1.75 bits per heavy atom. The average molecular weight is 401 g/mol. The summed E-state index contributed by atoms with van der Waals surface area (Å²) < 4.78 is 27.1. The zero-order valence-electron chi connectivity index (χ0n) is 16.7. The number of nitrogens with zero attached hydrogens (tertiary/aromatic N) is 1. The Bertz CT molecular complexity index is 946. The molecular formula is C22H28N2O3S. The van der Waals surface area contributed by atoms with E-state index < -0.39 is 10.0 Å². The third-order valence-corrected chi connectivity index (χ3v) is 7.29. The van der Waals surface area contributed by atoms with Crippen molar-refractivity contribution in [2.45, 2.75) is 51.0 Å². The minimum Gasteiger partial charge on any atom is -0.346 e. The van der Waals surface area contributed by atoms with Crippen LogP contribution in [0.2, 0.25) is 0 Å². The molecule has 150 valence electrons. The molecule has 1 aliphatic rings. The standard InChI is InChI=1S/C22H28N2O3S/c1-4-18-8-10-19(11-9-18)17(3)23-22(25)21-15-20(12-7-16(21)2)28(26,27)24-13-5-6-14-24/h7-12,15,17H,4-6,13-14H2,1-3H3,(H,23,25)/t17-/m0/s1. The van der Waals surface area contributed by atoms with Gasteiger partial charge < -0.3 is 5.32 Å². The number of benzene rings is 2. The Labute approximate surface area is 167 Å². The predicted octanol–water partition coefficient (Wildman–Crippen LogP) is 3.83. The van der Waals surface area contributed by atoms with Crippen LogP contribution < -0.4 is 5.32 Å². The van der Waals surface area contributed by atoms with E-state index in [9.17, 15) is 13.2 Å². The molecule has 1 N–H and O–H groups in total. The number of hydrogen-bond donors (Lipinski definition) is 1. The highest BCUT2D eigenvalue weighted by molar-refractivity contribution is 7.89. The third-order valence-electron chi connectivity index (χ3n) is 5.39. The van der Waals surface area contributed by atoms with Gasteiger partial charge in [-0.1, -0.05) is 37.3 Å². The fraction of sp³-hybridized carbons (Fsp3) is 0.409. The van der Waals surface area contributed by atoms with Crippen molar-refractivity contribution in [1.82, 2.24) is 9.62 Å². The van der Waals surface area contributed by atoms with Crippen molar-refractivity contribution in [3.05, 3.63) is 64.7 Å². The summed E-state index contributed by atoms with van der Waals surface area (Å²) in [6.07, 6.45) is 2.73. The zero-order chi connectivity index (χ0) is 20.3. The highest BCUT2D eigenvalue weighted by atomic mass is 32.2. The van der Waals surface area contributed by atoms with Gasteiger partial charge in [0, 0.05) is 18.7 Å². The van der Waals surface area contributed by atoms with Gasteiger partial charge in [0.25, 0.3) is 5.91 Å². The van der Waals surface area contributed by atoms with Crippen molar-refractivity contribution in [3.63, 3.8) is 0 Å². The number of hydrogen-bond acceptors (Lipinski definition) is 3. The van der Waals surface area contributed by atoms with Crippen molar-refractivity contribution in [1.29, 1.82) is 0 Å². The summed E-state index contributed by atoms with van der Waals surface area (Å²) in [5, 5.41) is 2.99. The lowest BCUT2D eigenvalue weighted by molar-refractivity contribution is 0.0939. The highest BCUT2D eigenvalue weighted by Gasteiger charge is 2.28. The average Bonchev–Trinajstić information content (AvgIpc) is 3.24. The normalized spacial score (nSPS) is 16.1. The molecule has 28 heavy (non-hydrogen) atoms. The smallest absolute Gasteiger partial charge is 0.252 e. The molecule has 2 aromatic rings. The molecule has 1 saturated heterocycles. The van der Waals surface area contributed by atoms with E-state index in [0.717, 1.165) is 30.4 Å². The quantitative estimate of drug-likeness (QED) is 0.801. The molecule has 2 aromatic carbocycles. The van der Waals surface area contributed by atoms with Crippen LogP contribution in [0.3, 0.4) is 0 Å². The maximum Gasteiger partial charge on any atom is 0.252 e. The van der Waals surface area contributed by atoms with E-state index in [1.54, 1.807) is 12.1 Å². The Hall–Kier alpha value is -2.18. The van der Waals surface area contributed by atoms with Crippen molar-refractivity contribution < 1.29 is 13.2 Å². The van der Waals surface area contributed by atoms with Gasteiger partial charge in [-0.25, -0.2) is 8.42 Å². The van der Waals surface area contributed by atoms with Crippen LogP contribution in [0.25, 0.3) is 0 Å². The molecule has 5 nitrogen and oxygen atoms in total. The van der Waals surface area contributed by atoms with E-state index in [-0.39, 0.29) is 16.8 Å². The van der Waals surface area contributed by atoms with Gasteiger partial charge >= 0.3 is 0 Å². The lowest BCUT2D eigenvalue weighted by Gasteiger charge is -2.18. The number of nitrogens with one attached hydrogen (secondary N) is 1. The molecular weight excluding hydrogens is 372 g/mol. The molecule has 0 bridgehead atoms. The van der Waals surface area contributed by atoms with E-state index in [1.807, 2.05) is 26.0 Å². The van der Waals surface area contributed by atoms with Crippen LogP contribution in [0.4, 0.5) is 0 Å². The molecule has 3 rings (SSSR count). The van der Waals surface area contributed by atoms with Gasteiger partial charge in [0.2, 0.25) is 10.0 Å². The van der Waals surface area contributed by atoms with Gasteiger partial charge in [0.1, 0.15) is 0 Å². The van der Waals surface area contributed by atoms with Gasteiger partial charge in [0.05, 0.1) is 10.9 Å². The molecule has 6 heteroatoms. The first-order valence-electron chi connectivity index (χ1n) is 9.83. The van der Waals surface area contributed by atoms with Crippen molar-refractivity contribution >= 4 is 15.9 Å². The van der Waals surface area contributed by atoms with Crippen LogP contribution in [0, 0.1) is 6.92 Å². The van der Waals surface area contributed by atoms with Crippen molar-refractivity contribution in [2.75, 3.05) is 13.1 Å². The molecule has 0 spiro atoms. The summed E-state index contributed by atoms with van der Waals surface area (Å²) in [4.78, 5) is 13.0. The van der Waals surface area contributed by atoms with Crippen LogP contribution in [0.15, 0.2) is 47.4 Å². The first-order chi connectivity index (χ1) is 13.3. The first kappa shape index (κ1) is 20.6. The number of amides is 1. The van der Waals surface area contributed by atoms with Crippen LogP contribution in [-0.2, 0) is 16.4 Å². The molecule has 0 aromatic heterocycles. The Morgan fingerprint density at radius 3 is 2.36 bits per heavy atom. The fourth-order valence-corrected chi connectivity index (χ4v) is 5.03. The lowest BCUT2D eigenvalue weighted by Crippen LogP contribution is -2.29. The topological polar surface area (TPSA) is 66.5 Å². The van der Waals surface area contributed by atoms with Crippen LogP contribution in [-0.4, -0.2) is 31.7 Å². The largest absolute Gasteiger partial charge is 0.346 e. The van der Waals surface area contributed by atoms with E-state index >= 15 is 0 Å². The van der Waals surface area contributed by atoms with Gasteiger partial charge in [0.15, 0.2) is 0 Å². The summed E-state index contributed by atoms with van der Waals surface area (Å²) >= 11 is 0. The predicted molar refractivity (Wildman–Crippen MR) is 111 cm³/mol. The molecule has 1 atom stereocenters. The van der Waals surface area contributed by atoms with Gasteiger partial charge in [-0.05, 0) is 61.9 Å². The van der Waals surface area contributed by atoms with E-state index in [4.69, 9.17) is 0 Å². The first-order valence-corrected chi connectivity index (χ1v) is 11.3. The Morgan fingerprint density at radius 1 is 1.11 bits per heavy atom. The fourth-order valence-electron chi connectivity index (χ4n) is 3.48. The zero-order valence-corrected chi connectivity index (χ0v) is 17.6. The summed E-state index contributed by atoms with van der Waals surface area (Å²) in [5.74, 6) is -0.261. The van der Waals surface area contributed by atoms with Crippen LogP contribution in [0.5, 0.6) is 0 Å². The van der Waals surface area contributed by atoms with E-state index in [2.05, 4.69) is 24.4 Å². The second-order valence-electron chi connectivity index (χ2n) is 7.38. The van der Waals surface area contributed by atoms with E-state index in [0.29, 0.717) is 18.7 Å². The van der Waals surface area contributed by atoms with Gasteiger partial charge in [-0.2, -0.15) is 4.31 Å². The number of aryl methyl sites for hydroxylation is 2. The summed E-state index contributed by atoms with van der Waals surface area (Å²) in [6.45, 7) is 6.94. The number of sulfonamides is 1. The second-order valence-corrected chi connectivity index (χ2v) is 9.32. The lowest BCUT2D eigenvalue weighted by atomic mass is 10.0. The van der Waals surface area contributed by atoms with Gasteiger partial charge in [-0.3, -0.25) is 4.79 Å².